The minimum atomic E-state index is -0.124. The summed E-state index contributed by atoms with van der Waals surface area (Å²) in [6.07, 6.45) is 0.791. The molecule has 0 atom stereocenters. The number of rotatable bonds is 4. The van der Waals surface area contributed by atoms with Gasteiger partial charge in [0.05, 0.1) is 0 Å². The van der Waals surface area contributed by atoms with E-state index < -0.39 is 0 Å². The van der Waals surface area contributed by atoms with Gasteiger partial charge < -0.3 is 10.6 Å². The molecule has 104 valence electrons. The van der Waals surface area contributed by atoms with E-state index in [1.807, 2.05) is 37.3 Å². The van der Waals surface area contributed by atoms with Gasteiger partial charge in [0, 0.05) is 27.6 Å². The lowest BCUT2D eigenvalue weighted by atomic mass is 10.1. The Balaban J connectivity index is 2.24. The summed E-state index contributed by atoms with van der Waals surface area (Å²) < 4.78 is 1.08. The average molecular weight is 381 g/mol. The molecular formula is C15H16IN3O. The predicted octanol–water partition coefficient (Wildman–Crippen LogP) is 3.54. The first-order valence-electron chi connectivity index (χ1n) is 6.38. The highest BCUT2D eigenvalue weighted by molar-refractivity contribution is 14.1. The second-order valence-electron chi connectivity index (χ2n) is 4.30. The van der Waals surface area contributed by atoms with Gasteiger partial charge in [-0.25, -0.2) is 4.98 Å². The maximum atomic E-state index is 12.3. The normalized spacial score (nSPS) is 10.2. The molecule has 0 saturated carbocycles. The number of halogens is 1. The Morgan fingerprint density at radius 2 is 2.10 bits per heavy atom. The van der Waals surface area contributed by atoms with Gasteiger partial charge in [0.1, 0.15) is 5.82 Å². The maximum Gasteiger partial charge on any atom is 0.255 e. The molecule has 2 N–H and O–H groups in total. The molecule has 2 aromatic rings. The lowest BCUT2D eigenvalue weighted by Gasteiger charge is -2.09. The fraction of sp³-hybridized carbons (Fsp3) is 0.200. The molecule has 1 aromatic carbocycles. The summed E-state index contributed by atoms with van der Waals surface area (Å²) >= 11 is 2.22. The van der Waals surface area contributed by atoms with E-state index in [0.717, 1.165) is 21.4 Å². The van der Waals surface area contributed by atoms with Crippen molar-refractivity contribution in [3.63, 3.8) is 0 Å². The van der Waals surface area contributed by atoms with E-state index in [2.05, 4.69) is 38.2 Å². The van der Waals surface area contributed by atoms with Gasteiger partial charge in [-0.3, -0.25) is 4.79 Å². The first-order chi connectivity index (χ1) is 9.62. The molecule has 0 radical (unpaired) electrons. The number of anilines is 2. The van der Waals surface area contributed by atoms with Crippen LogP contribution in [0.2, 0.25) is 0 Å². The minimum Gasteiger partial charge on any atom is -0.373 e. The molecule has 0 aliphatic rings. The van der Waals surface area contributed by atoms with Gasteiger partial charge in [-0.1, -0.05) is 13.0 Å². The summed E-state index contributed by atoms with van der Waals surface area (Å²) in [4.78, 5) is 16.7. The number of carbonyl (C=O) groups excluding carboxylic acids is 1. The highest BCUT2D eigenvalue weighted by Gasteiger charge is 2.09. The van der Waals surface area contributed by atoms with Crippen LogP contribution in [0.5, 0.6) is 0 Å². The molecule has 0 unspecified atom stereocenters. The summed E-state index contributed by atoms with van der Waals surface area (Å²) in [5, 5.41) is 5.88. The van der Waals surface area contributed by atoms with Crippen molar-refractivity contribution < 1.29 is 4.79 Å². The van der Waals surface area contributed by atoms with E-state index in [1.54, 1.807) is 13.1 Å². The third kappa shape index (κ3) is 3.69. The second kappa shape index (κ2) is 6.69. The molecule has 0 fully saturated rings. The molecule has 1 aromatic heterocycles. The summed E-state index contributed by atoms with van der Waals surface area (Å²) in [5.74, 6) is 0.581. The molecule has 2 rings (SSSR count). The third-order valence-corrected chi connectivity index (χ3v) is 3.51. The van der Waals surface area contributed by atoms with E-state index in [4.69, 9.17) is 0 Å². The molecule has 0 bridgehead atoms. The second-order valence-corrected chi connectivity index (χ2v) is 5.55. The van der Waals surface area contributed by atoms with Crippen LogP contribution in [0.3, 0.4) is 0 Å². The number of aromatic nitrogens is 1. The zero-order chi connectivity index (χ0) is 14.5. The zero-order valence-corrected chi connectivity index (χ0v) is 13.6. The Morgan fingerprint density at radius 1 is 1.30 bits per heavy atom. The molecular weight excluding hydrogens is 365 g/mol. The van der Waals surface area contributed by atoms with E-state index >= 15 is 0 Å². The molecule has 0 aliphatic heterocycles. The predicted molar refractivity (Wildman–Crippen MR) is 90.3 cm³/mol. The lowest BCUT2D eigenvalue weighted by molar-refractivity contribution is 0.102. The van der Waals surface area contributed by atoms with Crippen molar-refractivity contribution in [1.82, 2.24) is 4.98 Å². The van der Waals surface area contributed by atoms with Crippen molar-refractivity contribution in [2.24, 2.45) is 0 Å². The fourth-order valence-electron chi connectivity index (χ4n) is 1.80. The Labute approximate surface area is 132 Å². The van der Waals surface area contributed by atoms with Crippen molar-refractivity contribution >= 4 is 40.0 Å². The van der Waals surface area contributed by atoms with Gasteiger partial charge in [0.25, 0.3) is 5.91 Å². The number of nitrogens with one attached hydrogen (secondary N) is 2. The smallest absolute Gasteiger partial charge is 0.255 e. The third-order valence-electron chi connectivity index (χ3n) is 2.84. The quantitative estimate of drug-likeness (QED) is 0.797. The fourth-order valence-corrected chi connectivity index (χ4v) is 2.34. The van der Waals surface area contributed by atoms with E-state index in [-0.39, 0.29) is 5.91 Å². The number of hydrogen-bond acceptors (Lipinski definition) is 3. The molecule has 20 heavy (non-hydrogen) atoms. The first-order valence-corrected chi connectivity index (χ1v) is 7.46. The Bertz CT molecular complexity index is 606. The van der Waals surface area contributed by atoms with Gasteiger partial charge in [-0.15, -0.1) is 0 Å². The van der Waals surface area contributed by atoms with E-state index in [9.17, 15) is 4.79 Å². The molecule has 5 heteroatoms. The lowest BCUT2D eigenvalue weighted by Crippen LogP contribution is -2.13. The number of carbonyl (C=O) groups is 1. The van der Waals surface area contributed by atoms with Crippen LogP contribution < -0.4 is 10.6 Å². The van der Waals surface area contributed by atoms with Crippen LogP contribution in [0.15, 0.2) is 36.4 Å². The topological polar surface area (TPSA) is 54.0 Å². The number of nitrogens with zero attached hydrogens (tertiary/aromatic N) is 1. The van der Waals surface area contributed by atoms with Crippen molar-refractivity contribution in [3.8, 4) is 0 Å². The van der Waals surface area contributed by atoms with Crippen LogP contribution in [0.1, 0.15) is 23.0 Å². The number of pyridine rings is 1. The Kier molecular flexibility index (Phi) is 4.94. The molecule has 0 aliphatic carbocycles. The van der Waals surface area contributed by atoms with E-state index in [1.165, 1.54) is 0 Å². The number of aryl methyl sites for hydroxylation is 1. The van der Waals surface area contributed by atoms with Crippen LogP contribution in [-0.4, -0.2) is 17.9 Å². The molecule has 1 amide bonds. The van der Waals surface area contributed by atoms with Crippen LogP contribution in [0.4, 0.5) is 11.5 Å². The molecule has 0 saturated heterocycles. The van der Waals surface area contributed by atoms with Crippen molar-refractivity contribution in [2.75, 3.05) is 17.7 Å². The SMILES string of the molecule is CCc1cc(C(=O)Nc2cccc(I)c2)cc(NC)n1. The van der Waals surface area contributed by atoms with Gasteiger partial charge in [-0.05, 0) is 59.3 Å². The van der Waals surface area contributed by atoms with Crippen LogP contribution in [0.25, 0.3) is 0 Å². The maximum absolute atomic E-state index is 12.3. The van der Waals surface area contributed by atoms with Gasteiger partial charge in [0.2, 0.25) is 0 Å². The largest absolute Gasteiger partial charge is 0.373 e. The zero-order valence-electron chi connectivity index (χ0n) is 11.4. The molecule has 1 heterocycles. The molecule has 4 nitrogen and oxygen atoms in total. The summed E-state index contributed by atoms with van der Waals surface area (Å²) in [6, 6.07) is 11.3. The number of benzene rings is 1. The highest BCUT2D eigenvalue weighted by atomic mass is 127. The van der Waals surface area contributed by atoms with Crippen LogP contribution in [0, 0.1) is 3.57 Å². The van der Waals surface area contributed by atoms with E-state index in [0.29, 0.717) is 11.4 Å². The Hall–Kier alpha value is -1.63. The first kappa shape index (κ1) is 14.8. The van der Waals surface area contributed by atoms with Crippen molar-refractivity contribution in [1.29, 1.82) is 0 Å². The monoisotopic (exact) mass is 381 g/mol. The highest BCUT2D eigenvalue weighted by Crippen LogP contribution is 2.16. The van der Waals surface area contributed by atoms with Crippen molar-refractivity contribution in [2.45, 2.75) is 13.3 Å². The van der Waals surface area contributed by atoms with Crippen LogP contribution in [-0.2, 0) is 6.42 Å². The van der Waals surface area contributed by atoms with Gasteiger partial charge in [0.15, 0.2) is 0 Å². The molecule has 0 spiro atoms. The summed E-state index contributed by atoms with van der Waals surface area (Å²) in [7, 11) is 1.79. The average Bonchev–Trinajstić information content (AvgIpc) is 2.46. The standard InChI is InChI=1S/C15H16IN3O/c1-3-12-7-10(8-14(17-2)18-12)15(20)19-13-6-4-5-11(16)9-13/h4-9H,3H2,1-2H3,(H,17,18)(H,19,20). The summed E-state index contributed by atoms with van der Waals surface area (Å²) in [5.41, 5.74) is 2.30. The minimum absolute atomic E-state index is 0.124. The van der Waals surface area contributed by atoms with Crippen LogP contribution >= 0.6 is 22.6 Å². The van der Waals surface area contributed by atoms with Gasteiger partial charge >= 0.3 is 0 Å². The Morgan fingerprint density at radius 3 is 2.75 bits per heavy atom. The van der Waals surface area contributed by atoms with Crippen molar-refractivity contribution in [3.05, 3.63) is 51.2 Å². The number of amides is 1. The summed E-state index contributed by atoms with van der Waals surface area (Å²) in [6.45, 7) is 2.02. The van der Waals surface area contributed by atoms with Gasteiger partial charge in [-0.2, -0.15) is 0 Å². The number of hydrogen-bond donors (Lipinski definition) is 2.